The molecule has 0 atom stereocenters. The summed E-state index contributed by atoms with van der Waals surface area (Å²) in [7, 11) is 0. The second-order valence-corrected chi connectivity index (χ2v) is 6.93. The molecule has 0 saturated carbocycles. The lowest BCUT2D eigenvalue weighted by molar-refractivity contribution is 0.439. The van der Waals surface area contributed by atoms with E-state index in [1.807, 2.05) is 67.6 Å². The number of benzene rings is 2. The lowest BCUT2D eigenvalue weighted by Gasteiger charge is -2.21. The third-order valence-corrected chi connectivity index (χ3v) is 5.20. The van der Waals surface area contributed by atoms with Gasteiger partial charge in [0.1, 0.15) is 46.9 Å². The maximum absolute atomic E-state index is 9.75. The van der Waals surface area contributed by atoms with Crippen LogP contribution in [0.5, 0.6) is 5.75 Å². The first kappa shape index (κ1) is 20.2. The van der Waals surface area contributed by atoms with Crippen molar-refractivity contribution in [3.8, 4) is 30.0 Å². The van der Waals surface area contributed by atoms with E-state index in [1.165, 1.54) is 0 Å². The molecule has 0 bridgehead atoms. The molecule has 1 aliphatic heterocycles. The van der Waals surface area contributed by atoms with Crippen molar-refractivity contribution in [1.29, 1.82) is 21.0 Å². The fourth-order valence-electron chi connectivity index (χ4n) is 3.98. The van der Waals surface area contributed by atoms with E-state index in [1.54, 1.807) is 30.3 Å². The molecule has 2 aliphatic rings. The first-order valence-electron chi connectivity index (χ1n) is 9.73. The predicted molar refractivity (Wildman–Crippen MR) is 120 cm³/mol. The predicted octanol–water partition coefficient (Wildman–Crippen LogP) is 5.61. The van der Waals surface area contributed by atoms with Crippen LogP contribution >= 0.6 is 0 Å². The lowest BCUT2D eigenvalue weighted by Crippen LogP contribution is -2.05. The van der Waals surface area contributed by atoms with Gasteiger partial charge in [-0.25, -0.2) is 0 Å². The van der Waals surface area contributed by atoms with Crippen LogP contribution in [0.25, 0.3) is 16.7 Å². The van der Waals surface area contributed by atoms with E-state index >= 15 is 0 Å². The van der Waals surface area contributed by atoms with Crippen LogP contribution in [0.1, 0.15) is 23.6 Å². The second kappa shape index (κ2) is 8.33. The largest absolute Gasteiger partial charge is 0.457 e. The molecule has 0 amide bonds. The van der Waals surface area contributed by atoms with Crippen LogP contribution in [-0.2, 0) is 0 Å². The maximum Gasteiger partial charge on any atom is 0.138 e. The summed E-state index contributed by atoms with van der Waals surface area (Å²) in [6.45, 7) is 1.87. The summed E-state index contributed by atoms with van der Waals surface area (Å²) in [5, 5.41) is 39.0. The number of hydrogen-bond acceptors (Lipinski definition) is 5. The maximum atomic E-state index is 9.75. The molecule has 0 saturated heterocycles. The van der Waals surface area contributed by atoms with Gasteiger partial charge in [0.2, 0.25) is 0 Å². The Kier molecular flexibility index (Phi) is 5.26. The van der Waals surface area contributed by atoms with E-state index in [-0.39, 0.29) is 11.1 Å². The third-order valence-electron chi connectivity index (χ3n) is 5.20. The summed E-state index contributed by atoms with van der Waals surface area (Å²) < 4.78 is 5.98. The Morgan fingerprint density at radius 3 is 1.75 bits per heavy atom. The van der Waals surface area contributed by atoms with Crippen LogP contribution in [0.15, 0.2) is 89.2 Å². The average Bonchev–Trinajstić information content (AvgIpc) is 3.15. The van der Waals surface area contributed by atoms with Gasteiger partial charge < -0.3 is 4.74 Å². The van der Waals surface area contributed by atoms with Crippen molar-refractivity contribution in [2.75, 3.05) is 0 Å². The van der Waals surface area contributed by atoms with Crippen molar-refractivity contribution in [2.24, 2.45) is 0 Å². The fourth-order valence-corrected chi connectivity index (χ4v) is 3.98. The number of nitrogens with zero attached hydrogens (tertiary/aromatic N) is 4. The van der Waals surface area contributed by atoms with Crippen LogP contribution < -0.4 is 4.74 Å². The standard InChI is InChI=1S/C27H14N4O/c1-2-7-19-12-23(20-8-5-6-11-24(20)32-19)27-25(17(13-28)14-29)21-9-3-4-10-22(21)26(27)18(15-30)16-31/h2-12H,1H3/b7-2+. The minimum atomic E-state index is -0.0878. The molecule has 1 aliphatic carbocycles. The zero-order chi connectivity index (χ0) is 22.7. The SMILES string of the molecule is C/C=C/C1=CC(=C2C(=C(C#N)C#N)c3ccccc3C2=C(C#N)C#N)c2ccccc2O1. The summed E-state index contributed by atoms with van der Waals surface area (Å²) >= 11 is 0. The van der Waals surface area contributed by atoms with Crippen LogP contribution in [0.3, 0.4) is 0 Å². The molecule has 0 aromatic heterocycles. The first-order chi connectivity index (χ1) is 15.7. The fraction of sp³-hybridized carbons (Fsp3) is 0.0370. The molecule has 148 valence electrons. The molecular formula is C27H14N4O. The summed E-state index contributed by atoms with van der Waals surface area (Å²) in [5.41, 5.74) is 3.83. The highest BCUT2D eigenvalue weighted by Gasteiger charge is 2.35. The first-order valence-corrected chi connectivity index (χ1v) is 9.73. The Morgan fingerprint density at radius 1 is 0.750 bits per heavy atom. The number of para-hydroxylation sites is 1. The highest BCUT2D eigenvalue weighted by atomic mass is 16.5. The van der Waals surface area contributed by atoms with Gasteiger partial charge in [0, 0.05) is 22.3 Å². The number of rotatable bonds is 1. The van der Waals surface area contributed by atoms with Crippen molar-refractivity contribution >= 4 is 16.7 Å². The number of allylic oxidation sites excluding steroid dienone is 9. The summed E-state index contributed by atoms with van der Waals surface area (Å²) in [6, 6.07) is 22.5. The van der Waals surface area contributed by atoms with E-state index in [4.69, 9.17) is 4.74 Å². The number of ether oxygens (including phenoxy) is 1. The highest BCUT2D eigenvalue weighted by molar-refractivity contribution is 6.18. The van der Waals surface area contributed by atoms with Gasteiger partial charge in [-0.3, -0.25) is 0 Å². The van der Waals surface area contributed by atoms with Gasteiger partial charge >= 0.3 is 0 Å². The average molecular weight is 410 g/mol. The molecule has 32 heavy (non-hydrogen) atoms. The summed E-state index contributed by atoms with van der Waals surface area (Å²) in [4.78, 5) is 0. The van der Waals surface area contributed by atoms with E-state index in [0.29, 0.717) is 44.9 Å². The van der Waals surface area contributed by atoms with Gasteiger partial charge in [-0.05, 0) is 41.8 Å². The zero-order valence-corrected chi connectivity index (χ0v) is 17.0. The molecule has 0 radical (unpaired) electrons. The van der Waals surface area contributed by atoms with Gasteiger partial charge in [-0.15, -0.1) is 0 Å². The Morgan fingerprint density at radius 2 is 1.25 bits per heavy atom. The summed E-state index contributed by atoms with van der Waals surface area (Å²) in [5.74, 6) is 1.17. The molecule has 0 fully saturated rings. The molecular weight excluding hydrogens is 396 g/mol. The van der Waals surface area contributed by atoms with Gasteiger partial charge in [0.15, 0.2) is 0 Å². The highest BCUT2D eigenvalue weighted by Crippen LogP contribution is 2.52. The molecule has 1 heterocycles. The van der Waals surface area contributed by atoms with Crippen LogP contribution in [0.2, 0.25) is 0 Å². The Balaban J connectivity index is 2.28. The van der Waals surface area contributed by atoms with Gasteiger partial charge in [-0.2, -0.15) is 21.0 Å². The van der Waals surface area contributed by atoms with Crippen molar-refractivity contribution in [1.82, 2.24) is 0 Å². The van der Waals surface area contributed by atoms with Gasteiger partial charge in [0.05, 0.1) is 0 Å². The molecule has 0 N–H and O–H groups in total. The Hall–Kier alpha value is -5.10. The smallest absolute Gasteiger partial charge is 0.138 e. The quantitative estimate of drug-likeness (QED) is 0.568. The van der Waals surface area contributed by atoms with Crippen LogP contribution in [0, 0.1) is 45.3 Å². The van der Waals surface area contributed by atoms with E-state index in [0.717, 1.165) is 5.56 Å². The lowest BCUT2D eigenvalue weighted by atomic mass is 9.87. The van der Waals surface area contributed by atoms with Crippen molar-refractivity contribution in [3.05, 3.63) is 106 Å². The van der Waals surface area contributed by atoms with Crippen LogP contribution in [-0.4, -0.2) is 0 Å². The normalized spacial score (nSPS) is 13.7. The Bertz CT molecular complexity index is 1380. The van der Waals surface area contributed by atoms with Gasteiger partial charge in [-0.1, -0.05) is 48.5 Å². The van der Waals surface area contributed by atoms with E-state index < -0.39 is 0 Å². The molecule has 5 heteroatoms. The second-order valence-electron chi connectivity index (χ2n) is 6.93. The van der Waals surface area contributed by atoms with Gasteiger partial charge in [0.25, 0.3) is 0 Å². The monoisotopic (exact) mass is 410 g/mol. The van der Waals surface area contributed by atoms with Crippen molar-refractivity contribution < 1.29 is 4.74 Å². The van der Waals surface area contributed by atoms with Crippen molar-refractivity contribution in [2.45, 2.75) is 6.92 Å². The minimum absolute atomic E-state index is 0.0878. The number of hydrogen-bond donors (Lipinski definition) is 0. The van der Waals surface area contributed by atoms with Crippen LogP contribution in [0.4, 0.5) is 0 Å². The van der Waals surface area contributed by atoms with E-state index in [9.17, 15) is 21.0 Å². The topological polar surface area (TPSA) is 104 Å². The zero-order valence-electron chi connectivity index (χ0n) is 17.0. The molecule has 0 spiro atoms. The third kappa shape index (κ3) is 3.09. The number of fused-ring (bicyclic) bond motifs is 2. The summed E-state index contributed by atoms with van der Waals surface area (Å²) in [6.07, 6.45) is 5.45. The van der Waals surface area contributed by atoms with E-state index in [2.05, 4.69) is 0 Å². The molecule has 5 nitrogen and oxygen atoms in total. The molecule has 2 aromatic rings. The molecule has 0 unspecified atom stereocenters. The van der Waals surface area contributed by atoms with Crippen molar-refractivity contribution in [3.63, 3.8) is 0 Å². The Labute approximate surface area is 185 Å². The molecule has 2 aromatic carbocycles. The molecule has 4 rings (SSSR count). The number of nitriles is 4. The minimum Gasteiger partial charge on any atom is -0.457 e.